The molecule has 1 aromatic heterocycles. The maximum Gasteiger partial charge on any atom is 0.338 e. The van der Waals surface area contributed by atoms with Gasteiger partial charge in [0.25, 0.3) is 0 Å². The number of allylic oxidation sites excluding steroid dienone is 2. The molecule has 0 fully saturated rings. The van der Waals surface area contributed by atoms with Gasteiger partial charge in [-0.05, 0) is 37.3 Å². The molecular weight excluding hydrogens is 276 g/mol. The van der Waals surface area contributed by atoms with Crippen molar-refractivity contribution in [3.63, 3.8) is 0 Å². The second kappa shape index (κ2) is 5.29. The Bertz CT molecular complexity index is 622. The highest BCUT2D eigenvalue weighted by molar-refractivity contribution is 6.33. The van der Waals surface area contributed by atoms with Gasteiger partial charge in [0.15, 0.2) is 0 Å². The van der Waals surface area contributed by atoms with Gasteiger partial charge in [-0.3, -0.25) is 0 Å². The van der Waals surface area contributed by atoms with Gasteiger partial charge in [0, 0.05) is 12.2 Å². The maximum absolute atomic E-state index is 10.9. The van der Waals surface area contributed by atoms with Gasteiger partial charge in [-0.2, -0.15) is 0 Å². The molecule has 1 atom stereocenters. The molecule has 104 valence electrons. The Balaban J connectivity index is 1.69. The van der Waals surface area contributed by atoms with E-state index in [4.69, 9.17) is 16.7 Å². The van der Waals surface area contributed by atoms with Crippen LogP contribution in [0.1, 0.15) is 36.0 Å². The largest absolute Gasteiger partial charge is 0.478 e. The van der Waals surface area contributed by atoms with Crippen molar-refractivity contribution in [1.29, 1.82) is 0 Å². The number of halogens is 1. The molecule has 0 amide bonds. The molecule has 3 rings (SSSR count). The van der Waals surface area contributed by atoms with Crippen LogP contribution in [0, 0.1) is 0 Å². The Morgan fingerprint density at radius 1 is 1.45 bits per heavy atom. The van der Waals surface area contributed by atoms with E-state index in [1.54, 1.807) is 6.07 Å². The Labute approximate surface area is 122 Å². The van der Waals surface area contributed by atoms with Crippen molar-refractivity contribution in [1.82, 2.24) is 4.98 Å². The molecule has 1 unspecified atom stereocenters. The maximum atomic E-state index is 10.9. The zero-order chi connectivity index (χ0) is 14.1. The predicted octanol–water partition coefficient (Wildman–Crippen LogP) is 3.65. The van der Waals surface area contributed by atoms with Crippen LogP contribution in [0.3, 0.4) is 0 Å². The molecular formula is C15H15ClN2O2. The van der Waals surface area contributed by atoms with Gasteiger partial charge in [-0.1, -0.05) is 29.3 Å². The average Bonchev–Trinajstić information content (AvgIpc) is 2.80. The van der Waals surface area contributed by atoms with Crippen LogP contribution in [0.25, 0.3) is 0 Å². The predicted molar refractivity (Wildman–Crippen MR) is 78.3 cm³/mol. The quantitative estimate of drug-likeness (QED) is 0.892. The van der Waals surface area contributed by atoms with Crippen molar-refractivity contribution in [2.24, 2.45) is 0 Å². The van der Waals surface area contributed by atoms with E-state index >= 15 is 0 Å². The lowest BCUT2D eigenvalue weighted by atomic mass is 10.0. The molecule has 2 aliphatic carbocycles. The van der Waals surface area contributed by atoms with E-state index in [-0.39, 0.29) is 10.6 Å². The number of carboxylic acids is 1. The number of hydrogen-bond acceptors (Lipinski definition) is 3. The number of hydrogen-bond donors (Lipinski definition) is 2. The Hall–Kier alpha value is -1.81. The highest BCUT2D eigenvalue weighted by Gasteiger charge is 2.24. The molecule has 0 aliphatic heterocycles. The van der Waals surface area contributed by atoms with E-state index in [1.165, 1.54) is 17.3 Å². The molecule has 20 heavy (non-hydrogen) atoms. The second-order valence-corrected chi connectivity index (χ2v) is 5.58. The van der Waals surface area contributed by atoms with E-state index in [0.29, 0.717) is 11.9 Å². The van der Waals surface area contributed by atoms with Crippen LogP contribution in [0.15, 0.2) is 35.6 Å². The van der Waals surface area contributed by atoms with E-state index in [9.17, 15) is 4.79 Å². The SMILES string of the molecule is O=C(O)c1cnc(NC2CC3=C(CCC=C3)C2)cc1Cl. The fourth-order valence-corrected chi connectivity index (χ4v) is 3.05. The first-order valence-corrected chi connectivity index (χ1v) is 7.04. The summed E-state index contributed by atoms with van der Waals surface area (Å²) in [6, 6.07) is 1.90. The molecule has 0 bridgehead atoms. The first kappa shape index (κ1) is 13.2. The molecule has 0 radical (unpaired) electrons. The number of carbonyl (C=O) groups is 1. The van der Waals surface area contributed by atoms with Gasteiger partial charge in [-0.25, -0.2) is 9.78 Å². The Morgan fingerprint density at radius 3 is 3.00 bits per heavy atom. The summed E-state index contributed by atoms with van der Waals surface area (Å²) in [5.41, 5.74) is 2.99. The summed E-state index contributed by atoms with van der Waals surface area (Å²) in [5, 5.41) is 12.5. The van der Waals surface area contributed by atoms with Crippen LogP contribution < -0.4 is 5.32 Å². The van der Waals surface area contributed by atoms with Crippen molar-refractivity contribution < 1.29 is 9.90 Å². The van der Waals surface area contributed by atoms with Gasteiger partial charge < -0.3 is 10.4 Å². The zero-order valence-corrected chi connectivity index (χ0v) is 11.7. The molecule has 4 nitrogen and oxygen atoms in total. The van der Waals surface area contributed by atoms with Gasteiger partial charge in [0.05, 0.1) is 10.6 Å². The number of carboxylic acid groups (broad SMARTS) is 1. The first-order chi connectivity index (χ1) is 9.63. The molecule has 0 aromatic carbocycles. The molecule has 1 heterocycles. The van der Waals surface area contributed by atoms with E-state index in [2.05, 4.69) is 22.5 Å². The smallest absolute Gasteiger partial charge is 0.338 e. The Morgan fingerprint density at radius 2 is 2.30 bits per heavy atom. The fraction of sp³-hybridized carbons (Fsp3) is 0.333. The third-order valence-corrected chi connectivity index (χ3v) is 4.09. The molecule has 0 saturated heterocycles. The molecule has 2 N–H and O–H groups in total. The van der Waals surface area contributed by atoms with Gasteiger partial charge >= 0.3 is 5.97 Å². The second-order valence-electron chi connectivity index (χ2n) is 5.17. The summed E-state index contributed by atoms with van der Waals surface area (Å²) >= 11 is 5.95. The minimum absolute atomic E-state index is 0.0315. The zero-order valence-electron chi connectivity index (χ0n) is 10.9. The van der Waals surface area contributed by atoms with E-state index in [0.717, 1.165) is 25.7 Å². The fourth-order valence-electron chi connectivity index (χ4n) is 2.82. The summed E-state index contributed by atoms with van der Waals surface area (Å²) in [4.78, 5) is 15.0. The topological polar surface area (TPSA) is 62.2 Å². The number of nitrogens with zero attached hydrogens (tertiary/aromatic N) is 1. The van der Waals surface area contributed by atoms with Crippen LogP contribution in [0.2, 0.25) is 5.02 Å². The van der Waals surface area contributed by atoms with Crippen molar-refractivity contribution in [3.8, 4) is 0 Å². The summed E-state index contributed by atoms with van der Waals surface area (Å²) < 4.78 is 0. The van der Waals surface area contributed by atoms with Crippen molar-refractivity contribution in [3.05, 3.63) is 46.1 Å². The van der Waals surface area contributed by atoms with Gasteiger partial charge in [-0.15, -0.1) is 0 Å². The lowest BCUT2D eigenvalue weighted by Gasteiger charge is -2.14. The monoisotopic (exact) mass is 290 g/mol. The van der Waals surface area contributed by atoms with Gasteiger partial charge in [0.1, 0.15) is 5.82 Å². The number of pyridine rings is 1. The van der Waals surface area contributed by atoms with E-state index < -0.39 is 5.97 Å². The number of aromatic carboxylic acids is 1. The minimum Gasteiger partial charge on any atom is -0.478 e. The highest BCUT2D eigenvalue weighted by atomic mass is 35.5. The molecule has 1 aromatic rings. The minimum atomic E-state index is -1.06. The highest BCUT2D eigenvalue weighted by Crippen LogP contribution is 2.35. The van der Waals surface area contributed by atoms with Crippen LogP contribution in [0.5, 0.6) is 0 Å². The number of nitrogens with one attached hydrogen (secondary N) is 1. The van der Waals surface area contributed by atoms with Crippen LogP contribution >= 0.6 is 11.6 Å². The number of aromatic nitrogens is 1. The van der Waals surface area contributed by atoms with E-state index in [1.807, 2.05) is 0 Å². The molecule has 0 spiro atoms. The number of anilines is 1. The average molecular weight is 291 g/mol. The van der Waals surface area contributed by atoms with Crippen LogP contribution in [0.4, 0.5) is 5.82 Å². The summed E-state index contributed by atoms with van der Waals surface area (Å²) in [6.45, 7) is 0. The lowest BCUT2D eigenvalue weighted by molar-refractivity contribution is 0.0696. The lowest BCUT2D eigenvalue weighted by Crippen LogP contribution is -2.17. The first-order valence-electron chi connectivity index (χ1n) is 6.66. The van der Waals surface area contributed by atoms with Crippen LogP contribution in [-0.2, 0) is 0 Å². The van der Waals surface area contributed by atoms with Crippen LogP contribution in [-0.4, -0.2) is 22.1 Å². The van der Waals surface area contributed by atoms with Crippen molar-refractivity contribution in [2.75, 3.05) is 5.32 Å². The number of rotatable bonds is 3. The normalized spacial score (nSPS) is 20.9. The molecule has 5 heteroatoms. The Kier molecular flexibility index (Phi) is 3.49. The third-order valence-electron chi connectivity index (χ3n) is 3.78. The van der Waals surface area contributed by atoms with Gasteiger partial charge in [0.2, 0.25) is 0 Å². The molecule has 2 aliphatic rings. The molecule has 0 saturated carbocycles. The summed E-state index contributed by atoms with van der Waals surface area (Å²) in [7, 11) is 0. The third kappa shape index (κ3) is 2.56. The van der Waals surface area contributed by atoms with Crippen molar-refractivity contribution >= 4 is 23.4 Å². The summed E-state index contributed by atoms with van der Waals surface area (Å²) in [6.07, 6.45) is 10.0. The standard InChI is InChI=1S/C15H15ClN2O2/c16-13-7-14(17-8-12(13)15(19)20)18-11-5-9-3-1-2-4-10(9)6-11/h1,3,7-8,11H,2,4-6H2,(H,17,18)(H,19,20). The van der Waals surface area contributed by atoms with Crippen molar-refractivity contribution in [2.45, 2.75) is 31.7 Å². The summed E-state index contributed by atoms with van der Waals surface area (Å²) in [5.74, 6) is -0.425.